The number of pyridine rings is 1. The molecule has 0 amide bonds. The van der Waals surface area contributed by atoms with Gasteiger partial charge in [0.05, 0.1) is 6.61 Å². The van der Waals surface area contributed by atoms with Crippen molar-refractivity contribution in [3.05, 3.63) is 29.6 Å². The standard InChI is InChI=1S/C12H13F2NO3/c13-10-9(1-4-15-11(10)14)12(16)18-7-8-2-5-17-6-3-8/h1,4,8H,2-3,5-7H2. The molecule has 4 nitrogen and oxygen atoms in total. The summed E-state index contributed by atoms with van der Waals surface area (Å²) in [6.07, 6.45) is 2.64. The minimum atomic E-state index is -1.30. The first-order chi connectivity index (χ1) is 8.68. The molecule has 1 fully saturated rings. The number of hydrogen-bond acceptors (Lipinski definition) is 4. The molecule has 0 spiro atoms. The van der Waals surface area contributed by atoms with E-state index in [1.165, 1.54) is 0 Å². The highest BCUT2D eigenvalue weighted by atomic mass is 19.2. The van der Waals surface area contributed by atoms with Gasteiger partial charge < -0.3 is 9.47 Å². The van der Waals surface area contributed by atoms with Crippen LogP contribution in [0.1, 0.15) is 23.2 Å². The monoisotopic (exact) mass is 257 g/mol. The molecule has 2 rings (SSSR count). The second kappa shape index (κ2) is 5.86. The summed E-state index contributed by atoms with van der Waals surface area (Å²) in [4.78, 5) is 14.7. The van der Waals surface area contributed by atoms with Crippen molar-refractivity contribution < 1.29 is 23.0 Å². The van der Waals surface area contributed by atoms with Crippen LogP contribution < -0.4 is 0 Å². The maximum Gasteiger partial charge on any atom is 0.341 e. The van der Waals surface area contributed by atoms with Crippen LogP contribution in [-0.2, 0) is 9.47 Å². The van der Waals surface area contributed by atoms with Crippen molar-refractivity contribution >= 4 is 5.97 Å². The van der Waals surface area contributed by atoms with Gasteiger partial charge in [0.1, 0.15) is 5.56 Å². The fraction of sp³-hybridized carbons (Fsp3) is 0.500. The number of ether oxygens (including phenoxy) is 2. The predicted octanol–water partition coefficient (Wildman–Crippen LogP) is 1.94. The van der Waals surface area contributed by atoms with E-state index >= 15 is 0 Å². The lowest BCUT2D eigenvalue weighted by Crippen LogP contribution is -2.22. The van der Waals surface area contributed by atoms with E-state index in [9.17, 15) is 13.6 Å². The highest BCUT2D eigenvalue weighted by molar-refractivity contribution is 5.89. The molecule has 0 aliphatic carbocycles. The number of hydrogen-bond donors (Lipinski definition) is 0. The molecule has 0 saturated carbocycles. The maximum atomic E-state index is 13.3. The molecule has 0 atom stereocenters. The Bertz CT molecular complexity index is 433. The van der Waals surface area contributed by atoms with Crippen molar-refractivity contribution in [2.75, 3.05) is 19.8 Å². The Balaban J connectivity index is 1.93. The molecule has 98 valence electrons. The second-order valence-electron chi connectivity index (χ2n) is 4.12. The van der Waals surface area contributed by atoms with Gasteiger partial charge in [-0.25, -0.2) is 14.2 Å². The highest BCUT2D eigenvalue weighted by Gasteiger charge is 2.20. The van der Waals surface area contributed by atoms with Crippen molar-refractivity contribution in [1.82, 2.24) is 4.98 Å². The number of carbonyl (C=O) groups is 1. The average molecular weight is 257 g/mol. The molecule has 0 bridgehead atoms. The van der Waals surface area contributed by atoms with Gasteiger partial charge in [0.25, 0.3) is 0 Å². The van der Waals surface area contributed by atoms with Crippen LogP contribution in [0.4, 0.5) is 8.78 Å². The van der Waals surface area contributed by atoms with Crippen LogP contribution >= 0.6 is 0 Å². The summed E-state index contributed by atoms with van der Waals surface area (Å²) in [6, 6.07) is 1.10. The third kappa shape index (κ3) is 3.01. The van der Waals surface area contributed by atoms with Crippen LogP contribution in [0, 0.1) is 17.7 Å². The van der Waals surface area contributed by atoms with Gasteiger partial charge in [-0.2, -0.15) is 4.39 Å². The summed E-state index contributed by atoms with van der Waals surface area (Å²) in [6.45, 7) is 1.48. The van der Waals surface area contributed by atoms with Gasteiger partial charge in [-0.3, -0.25) is 0 Å². The SMILES string of the molecule is O=C(OCC1CCOCC1)c1ccnc(F)c1F. The van der Waals surface area contributed by atoms with Crippen molar-refractivity contribution in [2.24, 2.45) is 5.92 Å². The zero-order valence-corrected chi connectivity index (χ0v) is 9.70. The molecule has 0 unspecified atom stereocenters. The molecule has 2 heterocycles. The quantitative estimate of drug-likeness (QED) is 0.613. The largest absolute Gasteiger partial charge is 0.462 e. The average Bonchev–Trinajstić information content (AvgIpc) is 2.40. The Kier molecular flexibility index (Phi) is 4.19. The summed E-state index contributed by atoms with van der Waals surface area (Å²) in [7, 11) is 0. The van der Waals surface area contributed by atoms with Crippen LogP contribution in [0.15, 0.2) is 12.3 Å². The number of esters is 1. The van der Waals surface area contributed by atoms with Crippen LogP contribution in [0.5, 0.6) is 0 Å². The van der Waals surface area contributed by atoms with E-state index in [0.29, 0.717) is 13.2 Å². The zero-order valence-electron chi connectivity index (χ0n) is 9.70. The fourth-order valence-corrected chi connectivity index (χ4v) is 1.76. The van der Waals surface area contributed by atoms with Gasteiger partial charge in [0, 0.05) is 19.4 Å². The summed E-state index contributed by atoms with van der Waals surface area (Å²) >= 11 is 0. The topological polar surface area (TPSA) is 48.4 Å². The fourth-order valence-electron chi connectivity index (χ4n) is 1.76. The summed E-state index contributed by atoms with van der Waals surface area (Å²) in [5.74, 6) is -3.21. The molecule has 1 saturated heterocycles. The Morgan fingerprint density at radius 2 is 2.17 bits per heavy atom. The lowest BCUT2D eigenvalue weighted by molar-refractivity contribution is 0.0181. The second-order valence-corrected chi connectivity index (χ2v) is 4.12. The van der Waals surface area contributed by atoms with Crippen LogP contribution in [0.2, 0.25) is 0 Å². The van der Waals surface area contributed by atoms with Gasteiger partial charge in [-0.15, -0.1) is 0 Å². The Hall–Kier alpha value is -1.56. The van der Waals surface area contributed by atoms with Crippen LogP contribution in [0.25, 0.3) is 0 Å². The van der Waals surface area contributed by atoms with E-state index in [-0.39, 0.29) is 12.5 Å². The van der Waals surface area contributed by atoms with Crippen LogP contribution in [-0.4, -0.2) is 30.8 Å². The van der Waals surface area contributed by atoms with Crippen LogP contribution in [0.3, 0.4) is 0 Å². The predicted molar refractivity (Wildman–Crippen MR) is 58.0 cm³/mol. The number of rotatable bonds is 3. The van der Waals surface area contributed by atoms with Gasteiger partial charge >= 0.3 is 5.97 Å². The Morgan fingerprint density at radius 3 is 2.89 bits per heavy atom. The number of halogens is 2. The van der Waals surface area contributed by atoms with E-state index in [1.54, 1.807) is 0 Å². The molecular weight excluding hydrogens is 244 g/mol. The molecule has 1 aliphatic heterocycles. The Morgan fingerprint density at radius 1 is 1.44 bits per heavy atom. The van der Waals surface area contributed by atoms with Gasteiger partial charge in [0.15, 0.2) is 5.82 Å². The van der Waals surface area contributed by atoms with E-state index in [2.05, 4.69) is 4.98 Å². The van der Waals surface area contributed by atoms with Crippen molar-refractivity contribution in [1.29, 1.82) is 0 Å². The first-order valence-electron chi connectivity index (χ1n) is 5.73. The van der Waals surface area contributed by atoms with Crippen molar-refractivity contribution in [2.45, 2.75) is 12.8 Å². The smallest absolute Gasteiger partial charge is 0.341 e. The van der Waals surface area contributed by atoms with E-state index in [4.69, 9.17) is 9.47 Å². The van der Waals surface area contributed by atoms with Gasteiger partial charge in [-0.1, -0.05) is 0 Å². The van der Waals surface area contributed by atoms with E-state index < -0.39 is 23.3 Å². The van der Waals surface area contributed by atoms with Crippen molar-refractivity contribution in [3.8, 4) is 0 Å². The number of carbonyl (C=O) groups excluding carboxylic acids is 1. The van der Waals surface area contributed by atoms with Gasteiger partial charge in [-0.05, 0) is 24.8 Å². The minimum absolute atomic E-state index is 0.200. The number of nitrogens with zero attached hydrogens (tertiary/aromatic N) is 1. The minimum Gasteiger partial charge on any atom is -0.462 e. The third-order valence-electron chi connectivity index (χ3n) is 2.86. The summed E-state index contributed by atoms with van der Waals surface area (Å²) in [5.41, 5.74) is -0.422. The molecule has 0 aromatic carbocycles. The van der Waals surface area contributed by atoms with E-state index in [0.717, 1.165) is 25.1 Å². The summed E-state index contributed by atoms with van der Waals surface area (Å²) < 4.78 is 36.2. The zero-order chi connectivity index (χ0) is 13.0. The lowest BCUT2D eigenvalue weighted by Gasteiger charge is -2.21. The molecule has 1 aromatic rings. The first kappa shape index (κ1) is 12.9. The molecule has 0 N–H and O–H groups in total. The van der Waals surface area contributed by atoms with Gasteiger partial charge in [0.2, 0.25) is 5.95 Å². The first-order valence-corrected chi connectivity index (χ1v) is 5.73. The molecule has 0 radical (unpaired) electrons. The highest BCUT2D eigenvalue weighted by Crippen LogP contribution is 2.16. The summed E-state index contributed by atoms with van der Waals surface area (Å²) in [5, 5.41) is 0. The molecule has 1 aliphatic rings. The third-order valence-corrected chi connectivity index (χ3v) is 2.86. The van der Waals surface area contributed by atoms with Crippen molar-refractivity contribution in [3.63, 3.8) is 0 Å². The van der Waals surface area contributed by atoms with E-state index in [1.807, 2.05) is 0 Å². The normalized spacial score (nSPS) is 16.6. The lowest BCUT2D eigenvalue weighted by atomic mass is 10.0. The molecular formula is C12H13F2NO3. The molecule has 1 aromatic heterocycles. The Labute approximate surface area is 103 Å². The number of aromatic nitrogens is 1. The molecule has 18 heavy (non-hydrogen) atoms. The maximum absolute atomic E-state index is 13.3. The molecule has 6 heteroatoms.